The van der Waals surface area contributed by atoms with Crippen LogP contribution in [0.4, 0.5) is 76.2 Å². The van der Waals surface area contributed by atoms with Gasteiger partial charge in [0.1, 0.15) is 11.6 Å². The molecule has 0 saturated carbocycles. The summed E-state index contributed by atoms with van der Waals surface area (Å²) >= 11 is 12.8. The second-order valence-electron chi connectivity index (χ2n) is 19.6. The zero-order valence-electron chi connectivity index (χ0n) is 42.6. The number of pyridine rings is 2. The summed E-state index contributed by atoms with van der Waals surface area (Å²) in [4.78, 5) is 31.8. The first-order valence-electron chi connectivity index (χ1n) is 24.7. The third-order valence-corrected chi connectivity index (χ3v) is 14.5. The summed E-state index contributed by atoms with van der Waals surface area (Å²) in [6.45, 7) is 9.91. The second-order valence-corrected chi connectivity index (χ2v) is 20.4. The van der Waals surface area contributed by atoms with E-state index >= 15 is 0 Å². The highest BCUT2D eigenvalue weighted by molar-refractivity contribution is 6.33. The van der Waals surface area contributed by atoms with Gasteiger partial charge in [0, 0.05) is 86.0 Å². The Morgan fingerprint density at radius 3 is 1.12 bits per heavy atom. The Balaban J connectivity index is 0.000000194. The number of hydrogen-bond acceptors (Lipinski definition) is 10. The normalized spacial score (nSPS) is 17.5. The SMILES string of the molecule is C[C@@H]1CN(c2ncc([C@@H](C)O)cc2Cl)CCN1c1nc2c(-c3ccc(C(F)(F)F)cc3)cc(C(F)(F)F)cc2[nH]1.C[C@H](O)c1cnc(N2CCN(c3nc4c(-c5ccc(C(F)(F)F)cc5)cc(C(F)(F)F)cc4[nH]3)[C@H](C)C2)c(Cl)c1. The van der Waals surface area contributed by atoms with Crippen LogP contribution in [-0.2, 0) is 24.7 Å². The number of imidazole rings is 2. The molecule has 0 aliphatic carbocycles. The van der Waals surface area contributed by atoms with Gasteiger partial charge in [-0.3, -0.25) is 0 Å². The van der Waals surface area contributed by atoms with E-state index in [0.29, 0.717) is 84.0 Å². The van der Waals surface area contributed by atoms with Gasteiger partial charge in [0.2, 0.25) is 11.9 Å². The molecule has 2 aliphatic heterocycles. The van der Waals surface area contributed by atoms with Crippen molar-refractivity contribution in [3.63, 3.8) is 0 Å². The van der Waals surface area contributed by atoms with Crippen molar-refractivity contribution in [1.29, 1.82) is 0 Å². The monoisotopic (exact) mass is 1170 g/mol. The van der Waals surface area contributed by atoms with Crippen molar-refractivity contribution in [2.45, 2.75) is 76.7 Å². The average molecular weight is 1170 g/mol. The Morgan fingerprint density at radius 2 is 0.838 bits per heavy atom. The zero-order valence-corrected chi connectivity index (χ0v) is 44.1. The number of fused-ring (bicyclic) bond motifs is 2. The molecule has 4 aromatic heterocycles. The number of aromatic nitrogens is 6. The Labute approximate surface area is 458 Å². The largest absolute Gasteiger partial charge is 0.416 e. The fourth-order valence-corrected chi connectivity index (χ4v) is 10.3. The van der Waals surface area contributed by atoms with Crippen LogP contribution in [0, 0.1) is 0 Å². The number of aliphatic hydroxyl groups is 2. The topological polar surface area (TPSA) is 137 Å². The van der Waals surface area contributed by atoms with Crippen LogP contribution < -0.4 is 19.6 Å². The van der Waals surface area contributed by atoms with E-state index in [4.69, 9.17) is 23.2 Å². The fraction of sp³-hybridized carbons (Fsp3) is 0.333. The van der Waals surface area contributed by atoms with Gasteiger partial charge in [-0.05, 0) is 99.5 Å². The highest BCUT2D eigenvalue weighted by atomic mass is 35.5. The van der Waals surface area contributed by atoms with E-state index < -0.39 is 59.2 Å². The molecule has 0 unspecified atom stereocenters. The molecule has 4 atom stereocenters. The molecule has 4 aromatic carbocycles. The molecule has 6 heterocycles. The molecule has 424 valence electrons. The number of aliphatic hydroxyl groups excluding tert-OH is 2. The number of nitrogens with zero attached hydrogens (tertiary/aromatic N) is 8. The standard InChI is InChI=1S/2C27H24ClF6N5O/c2*1-14-13-38(24-21(28)9-17(12-35-24)15(2)40)7-8-39(14)25-36-22-11-19(27(32,33)34)10-20(23(22)37-25)16-3-5-18(6-4-16)26(29,30)31/h2*3-6,9-12,14-15,40H,7-8,13H2,1-2H3,(H,36,37)/t14-,15+;14-,15-/m11/s1. The summed E-state index contributed by atoms with van der Waals surface area (Å²) in [5.41, 5.74) is -1.32. The smallest absolute Gasteiger partial charge is 0.389 e. The second kappa shape index (κ2) is 21.8. The number of alkyl halides is 12. The van der Waals surface area contributed by atoms with Crippen molar-refractivity contribution < 1.29 is 62.9 Å². The van der Waals surface area contributed by atoms with E-state index in [9.17, 15) is 62.9 Å². The van der Waals surface area contributed by atoms with Crippen molar-refractivity contribution >= 4 is 68.8 Å². The molecule has 2 saturated heterocycles. The van der Waals surface area contributed by atoms with Crippen LogP contribution in [0.15, 0.2) is 97.3 Å². The van der Waals surface area contributed by atoms with Gasteiger partial charge in [-0.1, -0.05) is 47.5 Å². The van der Waals surface area contributed by atoms with Crippen molar-refractivity contribution in [3.05, 3.63) is 141 Å². The van der Waals surface area contributed by atoms with Gasteiger partial charge in [0.25, 0.3) is 0 Å². The quantitative estimate of drug-likeness (QED) is 0.109. The van der Waals surface area contributed by atoms with Gasteiger partial charge in [-0.25, -0.2) is 19.9 Å². The summed E-state index contributed by atoms with van der Waals surface area (Å²) in [5.74, 6) is 1.81. The summed E-state index contributed by atoms with van der Waals surface area (Å²) < 4.78 is 161. The zero-order chi connectivity index (χ0) is 58.0. The van der Waals surface area contributed by atoms with Gasteiger partial charge >= 0.3 is 24.7 Å². The number of piperazine rings is 2. The molecule has 10 rings (SSSR count). The van der Waals surface area contributed by atoms with Crippen molar-refractivity contribution in [1.82, 2.24) is 29.9 Å². The number of H-pyrrole nitrogens is 2. The Hall–Kier alpha value is -7.02. The van der Waals surface area contributed by atoms with Crippen LogP contribution in [0.5, 0.6) is 0 Å². The molecule has 26 heteroatoms. The number of benzene rings is 4. The maximum Gasteiger partial charge on any atom is 0.416 e. The van der Waals surface area contributed by atoms with Crippen molar-refractivity contribution in [2.75, 3.05) is 58.9 Å². The first-order valence-corrected chi connectivity index (χ1v) is 25.5. The molecule has 0 spiro atoms. The highest BCUT2D eigenvalue weighted by Gasteiger charge is 2.37. The molecule has 2 fully saturated rings. The van der Waals surface area contributed by atoms with Crippen LogP contribution in [0.25, 0.3) is 44.3 Å². The molecular formula is C54H48Cl2F12N10O2. The number of halogens is 14. The summed E-state index contributed by atoms with van der Waals surface area (Å²) in [5, 5.41) is 20.3. The lowest BCUT2D eigenvalue weighted by molar-refractivity contribution is -0.138. The minimum atomic E-state index is -4.67. The number of nitrogens with one attached hydrogen (secondary N) is 2. The van der Waals surface area contributed by atoms with Crippen LogP contribution >= 0.6 is 23.2 Å². The maximum absolute atomic E-state index is 13.7. The third-order valence-electron chi connectivity index (χ3n) is 13.9. The van der Waals surface area contributed by atoms with E-state index in [1.165, 1.54) is 0 Å². The van der Waals surface area contributed by atoms with Crippen LogP contribution in [-0.4, -0.2) is 91.5 Å². The van der Waals surface area contributed by atoms with E-state index in [-0.39, 0.29) is 56.4 Å². The minimum absolute atomic E-state index is 0.0709. The molecule has 2 aliphatic rings. The Morgan fingerprint density at radius 1 is 0.500 bits per heavy atom. The van der Waals surface area contributed by atoms with E-state index in [1.54, 1.807) is 38.4 Å². The van der Waals surface area contributed by atoms with Gasteiger partial charge in [0.05, 0.1) is 66.6 Å². The molecule has 4 N–H and O–H groups in total. The summed E-state index contributed by atoms with van der Waals surface area (Å²) in [6, 6.07) is 14.7. The molecule has 80 heavy (non-hydrogen) atoms. The summed E-state index contributed by atoms with van der Waals surface area (Å²) in [7, 11) is 0. The van der Waals surface area contributed by atoms with Crippen molar-refractivity contribution in [3.8, 4) is 22.3 Å². The predicted molar refractivity (Wildman–Crippen MR) is 281 cm³/mol. The van der Waals surface area contributed by atoms with E-state index in [1.807, 2.05) is 33.4 Å². The highest BCUT2D eigenvalue weighted by Crippen LogP contribution is 2.42. The lowest BCUT2D eigenvalue weighted by Crippen LogP contribution is -2.52. The number of anilines is 4. The number of aromatic amines is 2. The van der Waals surface area contributed by atoms with Gasteiger partial charge < -0.3 is 39.8 Å². The van der Waals surface area contributed by atoms with Crippen LogP contribution in [0.3, 0.4) is 0 Å². The van der Waals surface area contributed by atoms with Crippen LogP contribution in [0.2, 0.25) is 10.0 Å². The lowest BCUT2D eigenvalue weighted by atomic mass is 9.99. The average Bonchev–Trinajstić information content (AvgIpc) is 4.05. The van der Waals surface area contributed by atoms with Crippen molar-refractivity contribution in [2.24, 2.45) is 0 Å². The van der Waals surface area contributed by atoms with E-state index in [2.05, 4.69) is 29.9 Å². The van der Waals surface area contributed by atoms with E-state index in [0.717, 1.165) is 72.8 Å². The molecule has 0 amide bonds. The van der Waals surface area contributed by atoms with Gasteiger partial charge in [0.15, 0.2) is 0 Å². The molecule has 0 radical (unpaired) electrons. The number of hydrogen-bond donors (Lipinski definition) is 4. The molecule has 0 bridgehead atoms. The lowest BCUT2D eigenvalue weighted by Gasteiger charge is -2.40. The molecule has 12 nitrogen and oxygen atoms in total. The minimum Gasteiger partial charge on any atom is -0.389 e. The maximum atomic E-state index is 13.7. The third kappa shape index (κ3) is 12.2. The molecule has 8 aromatic rings. The Kier molecular flexibility index (Phi) is 15.7. The number of rotatable bonds is 8. The molecular weight excluding hydrogens is 1120 g/mol. The first-order chi connectivity index (χ1) is 37.4. The van der Waals surface area contributed by atoms with Gasteiger partial charge in [-0.2, -0.15) is 52.7 Å². The van der Waals surface area contributed by atoms with Gasteiger partial charge in [-0.15, -0.1) is 0 Å². The predicted octanol–water partition coefficient (Wildman–Crippen LogP) is 14.2. The summed E-state index contributed by atoms with van der Waals surface area (Å²) in [6.07, 6.45) is -16.8. The Bertz CT molecular complexity index is 3300. The fourth-order valence-electron chi connectivity index (χ4n) is 9.67. The first kappa shape index (κ1) is 57.7. The van der Waals surface area contributed by atoms with Crippen LogP contribution in [0.1, 0.15) is 73.3 Å².